The van der Waals surface area contributed by atoms with Gasteiger partial charge in [0.2, 0.25) is 0 Å². The molecule has 7 heteroatoms. The predicted octanol–water partition coefficient (Wildman–Crippen LogP) is 5.06. The average Bonchev–Trinajstić information content (AvgIpc) is 3.11. The molecule has 0 aliphatic rings. The maximum Gasteiger partial charge on any atom is 0.198 e. The number of nitrogens with zero attached hydrogens (tertiary/aromatic N) is 5. The Labute approximate surface area is 171 Å². The summed E-state index contributed by atoms with van der Waals surface area (Å²) in [5.41, 5.74) is 2.44. The van der Waals surface area contributed by atoms with Gasteiger partial charge in [-0.05, 0) is 53.7 Å². The van der Waals surface area contributed by atoms with Crippen LogP contribution in [0.25, 0.3) is 11.4 Å². The second kappa shape index (κ2) is 8.26. The van der Waals surface area contributed by atoms with Crippen LogP contribution in [0.3, 0.4) is 0 Å². The van der Waals surface area contributed by atoms with Crippen molar-refractivity contribution in [2.45, 2.75) is 16.7 Å². The Morgan fingerprint density at radius 1 is 0.929 bits per heavy atom. The fraction of sp³-hybridized carbons (Fsp3) is 0.0476. The van der Waals surface area contributed by atoms with Crippen molar-refractivity contribution in [2.24, 2.45) is 0 Å². The molecule has 0 bridgehead atoms. The number of pyridine rings is 1. The zero-order chi connectivity index (χ0) is 19.3. The van der Waals surface area contributed by atoms with Crippen LogP contribution in [0.5, 0.6) is 0 Å². The van der Waals surface area contributed by atoms with Crippen LogP contribution < -0.4 is 0 Å². The molecule has 2 aromatic heterocycles. The summed E-state index contributed by atoms with van der Waals surface area (Å²) in [6.45, 7) is 0.617. The van der Waals surface area contributed by atoms with Crippen molar-refractivity contribution in [3.63, 3.8) is 0 Å². The lowest BCUT2D eigenvalue weighted by atomic mass is 10.2. The van der Waals surface area contributed by atoms with E-state index in [0.717, 1.165) is 17.0 Å². The smallest absolute Gasteiger partial charge is 0.198 e. The summed E-state index contributed by atoms with van der Waals surface area (Å²) in [7, 11) is 0. The van der Waals surface area contributed by atoms with E-state index in [1.165, 1.54) is 11.8 Å². The first kappa shape index (κ1) is 18.2. The van der Waals surface area contributed by atoms with Gasteiger partial charge in [-0.25, -0.2) is 4.98 Å². The highest BCUT2D eigenvalue weighted by Gasteiger charge is 2.16. The van der Waals surface area contributed by atoms with Crippen molar-refractivity contribution < 1.29 is 0 Å². The van der Waals surface area contributed by atoms with Gasteiger partial charge in [0.25, 0.3) is 0 Å². The summed E-state index contributed by atoms with van der Waals surface area (Å²) in [5, 5.41) is 20.0. The molecule has 2 aromatic carbocycles. The van der Waals surface area contributed by atoms with Gasteiger partial charge in [-0.2, -0.15) is 5.26 Å². The van der Waals surface area contributed by atoms with E-state index in [1.54, 1.807) is 6.07 Å². The molecule has 0 fully saturated rings. The first-order valence-corrected chi connectivity index (χ1v) is 9.70. The third-order valence-electron chi connectivity index (χ3n) is 4.04. The van der Waals surface area contributed by atoms with E-state index in [9.17, 15) is 0 Å². The van der Waals surface area contributed by atoms with Gasteiger partial charge in [-0.15, -0.1) is 10.2 Å². The second-order valence-corrected chi connectivity index (χ2v) is 7.38. The monoisotopic (exact) mass is 403 g/mol. The lowest BCUT2D eigenvalue weighted by Crippen LogP contribution is -2.04. The van der Waals surface area contributed by atoms with Gasteiger partial charge in [-0.3, -0.25) is 4.57 Å². The maximum absolute atomic E-state index is 9.09. The van der Waals surface area contributed by atoms with Gasteiger partial charge in [0.15, 0.2) is 11.0 Å². The van der Waals surface area contributed by atoms with Crippen molar-refractivity contribution >= 4 is 23.4 Å². The van der Waals surface area contributed by atoms with Crippen LogP contribution in [0.1, 0.15) is 11.3 Å². The van der Waals surface area contributed by atoms with Crippen LogP contribution in [-0.2, 0) is 6.54 Å². The number of hydrogen-bond donors (Lipinski definition) is 0. The van der Waals surface area contributed by atoms with Crippen molar-refractivity contribution in [2.75, 3.05) is 0 Å². The van der Waals surface area contributed by atoms with Gasteiger partial charge in [0.1, 0.15) is 16.8 Å². The third kappa shape index (κ3) is 4.06. The molecule has 0 spiro atoms. The normalized spacial score (nSPS) is 10.6. The molecule has 0 saturated carbocycles. The quantitative estimate of drug-likeness (QED) is 0.465. The molecule has 2 heterocycles. The predicted molar refractivity (Wildman–Crippen MR) is 109 cm³/mol. The second-order valence-electron chi connectivity index (χ2n) is 5.96. The van der Waals surface area contributed by atoms with Gasteiger partial charge in [0.05, 0.1) is 6.54 Å². The zero-order valence-electron chi connectivity index (χ0n) is 14.7. The number of nitriles is 1. The largest absolute Gasteiger partial charge is 0.297 e. The number of aromatic nitrogens is 4. The highest BCUT2D eigenvalue weighted by Crippen LogP contribution is 2.30. The molecule has 5 nitrogen and oxygen atoms in total. The van der Waals surface area contributed by atoms with Crippen molar-refractivity contribution in [1.82, 2.24) is 19.7 Å². The molecule has 28 heavy (non-hydrogen) atoms. The molecule has 4 rings (SSSR count). The number of hydrogen-bond acceptors (Lipinski definition) is 5. The summed E-state index contributed by atoms with van der Waals surface area (Å²) in [5.74, 6) is 0.749. The lowest BCUT2D eigenvalue weighted by Gasteiger charge is -2.10. The minimum Gasteiger partial charge on any atom is -0.297 e. The first-order valence-electron chi connectivity index (χ1n) is 8.51. The Morgan fingerprint density at radius 3 is 2.46 bits per heavy atom. The van der Waals surface area contributed by atoms with Crippen molar-refractivity contribution in [3.05, 3.63) is 89.1 Å². The molecule has 0 N–H and O–H groups in total. The molecule has 0 amide bonds. The summed E-state index contributed by atoms with van der Waals surface area (Å²) in [4.78, 5) is 4.33. The molecule has 0 aliphatic carbocycles. The Morgan fingerprint density at radius 2 is 1.71 bits per heavy atom. The highest BCUT2D eigenvalue weighted by molar-refractivity contribution is 7.99. The van der Waals surface area contributed by atoms with Gasteiger partial charge < -0.3 is 0 Å². The lowest BCUT2D eigenvalue weighted by molar-refractivity contribution is 0.714. The van der Waals surface area contributed by atoms with E-state index in [1.807, 2.05) is 59.2 Å². The van der Waals surface area contributed by atoms with Crippen LogP contribution in [0.15, 0.2) is 83.0 Å². The van der Waals surface area contributed by atoms with Gasteiger partial charge in [-0.1, -0.05) is 48.0 Å². The minimum absolute atomic E-state index is 0.372. The van der Waals surface area contributed by atoms with Crippen LogP contribution in [0, 0.1) is 11.3 Å². The van der Waals surface area contributed by atoms with Crippen LogP contribution in [0.2, 0.25) is 5.02 Å². The zero-order valence-corrected chi connectivity index (χ0v) is 16.2. The number of halogens is 1. The van der Waals surface area contributed by atoms with Gasteiger partial charge >= 0.3 is 0 Å². The third-order valence-corrected chi connectivity index (χ3v) is 5.21. The van der Waals surface area contributed by atoms with Crippen molar-refractivity contribution in [3.8, 4) is 17.5 Å². The first-order chi connectivity index (χ1) is 13.7. The molecule has 0 aliphatic heterocycles. The molecule has 0 atom stereocenters. The average molecular weight is 404 g/mol. The highest BCUT2D eigenvalue weighted by atomic mass is 35.5. The number of rotatable bonds is 5. The molecule has 136 valence electrons. The Hall–Kier alpha value is -3.14. The SMILES string of the molecule is N#Cc1cccc(Sc2nnc(-c3ccc(Cl)cc3)n2Cc2ccccc2)n1. The van der Waals surface area contributed by atoms with E-state index < -0.39 is 0 Å². The molecule has 0 saturated heterocycles. The topological polar surface area (TPSA) is 67.4 Å². The molecule has 0 radical (unpaired) electrons. The van der Waals surface area contributed by atoms with Crippen molar-refractivity contribution in [1.29, 1.82) is 5.26 Å². The Balaban J connectivity index is 1.75. The van der Waals surface area contributed by atoms with E-state index in [-0.39, 0.29) is 0 Å². The fourth-order valence-electron chi connectivity index (χ4n) is 2.71. The van der Waals surface area contributed by atoms with E-state index in [2.05, 4.69) is 33.4 Å². The summed E-state index contributed by atoms with van der Waals surface area (Å²) in [6, 6.07) is 25.1. The molecule has 4 aromatic rings. The van der Waals surface area contributed by atoms with E-state index in [4.69, 9.17) is 16.9 Å². The molecular formula is C21H14ClN5S. The summed E-state index contributed by atoms with van der Waals surface area (Å²) < 4.78 is 2.05. The summed E-state index contributed by atoms with van der Waals surface area (Å²) in [6.07, 6.45) is 0. The standard InChI is InChI=1S/C21H14ClN5S/c22-17-11-9-16(10-12-17)20-25-26-21(27(20)14-15-5-2-1-3-6-15)28-19-8-4-7-18(13-23)24-19/h1-12H,14H2. The Bertz CT molecular complexity index is 1130. The fourth-order valence-corrected chi connectivity index (χ4v) is 3.66. The van der Waals surface area contributed by atoms with E-state index >= 15 is 0 Å². The summed E-state index contributed by atoms with van der Waals surface area (Å²) >= 11 is 7.41. The minimum atomic E-state index is 0.372. The van der Waals surface area contributed by atoms with Crippen LogP contribution in [-0.4, -0.2) is 19.7 Å². The van der Waals surface area contributed by atoms with Crippen LogP contribution >= 0.6 is 23.4 Å². The van der Waals surface area contributed by atoms with Crippen LogP contribution in [0.4, 0.5) is 0 Å². The van der Waals surface area contributed by atoms with Gasteiger partial charge in [0, 0.05) is 10.6 Å². The Kier molecular flexibility index (Phi) is 5.38. The molecular weight excluding hydrogens is 390 g/mol. The number of benzene rings is 2. The van der Waals surface area contributed by atoms with E-state index in [0.29, 0.717) is 27.4 Å². The maximum atomic E-state index is 9.09. The molecule has 0 unspecified atom stereocenters.